The highest BCUT2D eigenvalue weighted by molar-refractivity contribution is 7.13. The normalized spacial score (nSPS) is 11.8. The topological polar surface area (TPSA) is 68.3 Å². The van der Waals surface area contributed by atoms with E-state index >= 15 is 0 Å². The number of benzene rings is 1. The lowest BCUT2D eigenvalue weighted by Crippen LogP contribution is -2.30. The number of rotatable bonds is 4. The van der Waals surface area contributed by atoms with Crippen LogP contribution in [0.4, 0.5) is 10.1 Å². The van der Waals surface area contributed by atoms with Crippen LogP contribution in [0, 0.1) is 19.7 Å². The standard InChI is InChI=1S/C15H15FN2O3S/c1-8-13(22-10(3)17-8)15(20)21-9(2)14(19)18-12-6-4-5-11(16)7-12/h4-7,9H,1-3H3,(H,18,19)/t9-/m0/s1. The van der Waals surface area contributed by atoms with Crippen molar-refractivity contribution in [3.8, 4) is 0 Å². The summed E-state index contributed by atoms with van der Waals surface area (Å²) in [6, 6.07) is 5.48. The Morgan fingerprint density at radius 1 is 1.36 bits per heavy atom. The van der Waals surface area contributed by atoms with E-state index in [1.807, 2.05) is 0 Å². The smallest absolute Gasteiger partial charge is 0.351 e. The Morgan fingerprint density at radius 2 is 2.09 bits per heavy atom. The maximum atomic E-state index is 13.1. The SMILES string of the molecule is Cc1nc(C)c(C(=O)O[C@@H](C)C(=O)Nc2cccc(F)c2)s1. The maximum Gasteiger partial charge on any atom is 0.351 e. The van der Waals surface area contributed by atoms with Gasteiger partial charge in [0, 0.05) is 5.69 Å². The van der Waals surface area contributed by atoms with Gasteiger partial charge in [-0.2, -0.15) is 0 Å². The van der Waals surface area contributed by atoms with E-state index in [1.165, 1.54) is 36.5 Å². The van der Waals surface area contributed by atoms with Gasteiger partial charge in [0.2, 0.25) is 0 Å². The van der Waals surface area contributed by atoms with Crippen molar-refractivity contribution in [3.63, 3.8) is 0 Å². The highest BCUT2D eigenvalue weighted by Crippen LogP contribution is 2.19. The Balaban J connectivity index is 1.99. The first-order valence-electron chi connectivity index (χ1n) is 6.58. The number of carbonyl (C=O) groups excluding carboxylic acids is 2. The zero-order valence-corrected chi connectivity index (χ0v) is 13.2. The molecule has 1 atom stereocenters. The average molecular weight is 322 g/mol. The number of nitrogens with zero attached hydrogens (tertiary/aromatic N) is 1. The molecule has 0 aliphatic heterocycles. The first-order chi connectivity index (χ1) is 10.4. The molecule has 0 radical (unpaired) electrons. The van der Waals surface area contributed by atoms with Crippen molar-refractivity contribution in [2.75, 3.05) is 5.32 Å². The first-order valence-corrected chi connectivity index (χ1v) is 7.40. The van der Waals surface area contributed by atoms with Crippen molar-refractivity contribution in [1.29, 1.82) is 0 Å². The highest BCUT2D eigenvalue weighted by atomic mass is 32.1. The predicted octanol–water partition coefficient (Wildman–Crippen LogP) is 3.08. The monoisotopic (exact) mass is 322 g/mol. The number of amides is 1. The van der Waals surface area contributed by atoms with Crippen LogP contribution in [-0.2, 0) is 9.53 Å². The molecule has 0 aliphatic rings. The van der Waals surface area contributed by atoms with Crippen LogP contribution in [0.25, 0.3) is 0 Å². The van der Waals surface area contributed by atoms with Gasteiger partial charge < -0.3 is 10.1 Å². The number of carbonyl (C=O) groups is 2. The Kier molecular flexibility index (Phi) is 4.87. The van der Waals surface area contributed by atoms with E-state index in [0.29, 0.717) is 16.3 Å². The lowest BCUT2D eigenvalue weighted by atomic mass is 10.3. The molecule has 2 aromatic rings. The van der Waals surface area contributed by atoms with Gasteiger partial charge in [-0.15, -0.1) is 11.3 Å². The second-order valence-corrected chi connectivity index (χ2v) is 5.90. The quantitative estimate of drug-likeness (QED) is 0.878. The fraction of sp³-hybridized carbons (Fsp3) is 0.267. The molecule has 0 unspecified atom stereocenters. The van der Waals surface area contributed by atoms with E-state index in [0.717, 1.165) is 5.01 Å². The predicted molar refractivity (Wildman–Crippen MR) is 81.5 cm³/mol. The molecule has 22 heavy (non-hydrogen) atoms. The molecule has 7 heteroatoms. The zero-order chi connectivity index (χ0) is 16.3. The molecule has 0 fully saturated rings. The summed E-state index contributed by atoms with van der Waals surface area (Å²) >= 11 is 1.22. The van der Waals surface area contributed by atoms with Crippen LogP contribution in [0.3, 0.4) is 0 Å². The third kappa shape index (κ3) is 3.88. The molecule has 1 N–H and O–H groups in total. The molecule has 1 heterocycles. The summed E-state index contributed by atoms with van der Waals surface area (Å²) in [5.74, 6) is -1.58. The highest BCUT2D eigenvalue weighted by Gasteiger charge is 2.22. The lowest BCUT2D eigenvalue weighted by Gasteiger charge is -2.13. The minimum Gasteiger partial charge on any atom is -0.448 e. The molecule has 0 saturated carbocycles. The number of aryl methyl sites for hydroxylation is 2. The maximum absolute atomic E-state index is 13.1. The van der Waals surface area contributed by atoms with Crippen molar-refractivity contribution < 1.29 is 18.7 Å². The molecule has 0 bridgehead atoms. The van der Waals surface area contributed by atoms with Gasteiger partial charge in [-0.25, -0.2) is 14.2 Å². The zero-order valence-electron chi connectivity index (χ0n) is 12.3. The number of nitrogens with one attached hydrogen (secondary N) is 1. The van der Waals surface area contributed by atoms with Crippen LogP contribution in [-0.4, -0.2) is 23.0 Å². The van der Waals surface area contributed by atoms with E-state index in [2.05, 4.69) is 10.3 Å². The number of esters is 1. The molecule has 2 rings (SSSR count). The van der Waals surface area contributed by atoms with Crippen LogP contribution in [0.1, 0.15) is 27.3 Å². The number of hydrogen-bond donors (Lipinski definition) is 1. The second kappa shape index (κ2) is 6.65. The first kappa shape index (κ1) is 16.1. The molecule has 1 amide bonds. The number of aromatic nitrogens is 1. The third-order valence-corrected chi connectivity index (χ3v) is 3.89. The number of anilines is 1. The second-order valence-electron chi connectivity index (χ2n) is 4.69. The van der Waals surface area contributed by atoms with E-state index in [-0.39, 0.29) is 0 Å². The molecule has 0 aliphatic carbocycles. The summed E-state index contributed by atoms with van der Waals surface area (Å²) in [4.78, 5) is 28.5. The molecule has 1 aromatic carbocycles. The van der Waals surface area contributed by atoms with Gasteiger partial charge in [-0.1, -0.05) is 6.07 Å². The van der Waals surface area contributed by atoms with Crippen LogP contribution in [0.2, 0.25) is 0 Å². The van der Waals surface area contributed by atoms with E-state index in [1.54, 1.807) is 19.9 Å². The molecule has 5 nitrogen and oxygen atoms in total. The Labute approximate surface area is 131 Å². The van der Waals surface area contributed by atoms with E-state index in [9.17, 15) is 14.0 Å². The number of ether oxygens (including phenoxy) is 1. The minimum atomic E-state index is -1.00. The van der Waals surface area contributed by atoms with Gasteiger partial charge >= 0.3 is 5.97 Å². The molecule has 0 saturated heterocycles. The number of halogens is 1. The van der Waals surface area contributed by atoms with Crippen LogP contribution in [0.15, 0.2) is 24.3 Å². The van der Waals surface area contributed by atoms with Gasteiger partial charge in [0.15, 0.2) is 6.10 Å². The van der Waals surface area contributed by atoms with Crippen molar-refractivity contribution in [1.82, 2.24) is 4.98 Å². The summed E-state index contributed by atoms with van der Waals surface area (Å²) in [6.45, 7) is 4.95. The van der Waals surface area contributed by atoms with Crippen molar-refractivity contribution in [3.05, 3.63) is 45.7 Å². The van der Waals surface area contributed by atoms with E-state index < -0.39 is 23.8 Å². The van der Waals surface area contributed by atoms with Gasteiger partial charge in [-0.3, -0.25) is 4.79 Å². The van der Waals surface area contributed by atoms with Gasteiger partial charge in [0.1, 0.15) is 10.7 Å². The summed E-state index contributed by atoms with van der Waals surface area (Å²) in [7, 11) is 0. The van der Waals surface area contributed by atoms with Gasteiger partial charge in [-0.05, 0) is 39.0 Å². The third-order valence-electron chi connectivity index (χ3n) is 2.83. The van der Waals surface area contributed by atoms with Crippen LogP contribution < -0.4 is 5.32 Å². The van der Waals surface area contributed by atoms with Crippen molar-refractivity contribution >= 4 is 28.9 Å². The number of thiazole rings is 1. The lowest BCUT2D eigenvalue weighted by molar-refractivity contribution is -0.123. The van der Waals surface area contributed by atoms with Gasteiger partial charge in [0.25, 0.3) is 5.91 Å². The fourth-order valence-corrected chi connectivity index (χ4v) is 2.60. The summed E-state index contributed by atoms with van der Waals surface area (Å²) < 4.78 is 18.2. The summed E-state index contributed by atoms with van der Waals surface area (Å²) in [6.07, 6.45) is -1.00. The molecule has 0 spiro atoms. The average Bonchev–Trinajstić information content (AvgIpc) is 2.77. The Bertz CT molecular complexity index is 715. The molecular formula is C15H15FN2O3S. The molecule has 1 aromatic heterocycles. The van der Waals surface area contributed by atoms with Crippen molar-refractivity contribution in [2.24, 2.45) is 0 Å². The van der Waals surface area contributed by atoms with Crippen LogP contribution in [0.5, 0.6) is 0 Å². The van der Waals surface area contributed by atoms with E-state index in [4.69, 9.17) is 4.74 Å². The van der Waals surface area contributed by atoms with Crippen molar-refractivity contribution in [2.45, 2.75) is 26.9 Å². The minimum absolute atomic E-state index is 0.303. The summed E-state index contributed by atoms with van der Waals surface area (Å²) in [5.41, 5.74) is 0.878. The molecule has 116 valence electrons. The van der Waals surface area contributed by atoms with Crippen LogP contribution >= 0.6 is 11.3 Å². The largest absolute Gasteiger partial charge is 0.448 e. The Morgan fingerprint density at radius 3 is 2.68 bits per heavy atom. The van der Waals surface area contributed by atoms with Gasteiger partial charge in [0.05, 0.1) is 10.7 Å². The fourth-order valence-electron chi connectivity index (χ4n) is 1.80. The molecular weight excluding hydrogens is 307 g/mol. The Hall–Kier alpha value is -2.28. The summed E-state index contributed by atoms with van der Waals surface area (Å²) in [5, 5.41) is 3.24. The number of hydrogen-bond acceptors (Lipinski definition) is 5.